The third kappa shape index (κ3) is 5.31. The van der Waals surface area contributed by atoms with Gasteiger partial charge in [0.15, 0.2) is 0 Å². The number of para-hydroxylation sites is 2. The van der Waals surface area contributed by atoms with Gasteiger partial charge in [-0.05, 0) is 55.8 Å². The Labute approximate surface area is 198 Å². The molecule has 6 nitrogen and oxygen atoms in total. The fraction of sp³-hybridized carbons (Fsp3) is 0.222. The third-order valence-corrected chi connectivity index (χ3v) is 5.68. The Kier molecular flexibility index (Phi) is 7.01. The average Bonchev–Trinajstić information content (AvgIpc) is 3.19. The quantitative estimate of drug-likeness (QED) is 0.422. The first-order chi connectivity index (χ1) is 16.4. The van der Waals surface area contributed by atoms with Crippen molar-refractivity contribution in [3.8, 4) is 0 Å². The molecule has 0 fully saturated rings. The maximum Gasteiger partial charge on any atom is 0.251 e. The largest absolute Gasteiger partial charge is 0.345 e. The lowest BCUT2D eigenvalue weighted by molar-refractivity contribution is -0.134. The number of halogens is 1. The van der Waals surface area contributed by atoms with E-state index in [4.69, 9.17) is 0 Å². The Bertz CT molecular complexity index is 1280. The number of amides is 2. The second kappa shape index (κ2) is 10.3. The number of nitrogens with zero attached hydrogens (tertiary/aromatic N) is 3. The minimum absolute atomic E-state index is 0.0177. The van der Waals surface area contributed by atoms with Crippen molar-refractivity contribution in [2.45, 2.75) is 39.5 Å². The van der Waals surface area contributed by atoms with Crippen molar-refractivity contribution in [1.29, 1.82) is 0 Å². The summed E-state index contributed by atoms with van der Waals surface area (Å²) in [5, 5.41) is 2.83. The van der Waals surface area contributed by atoms with Crippen molar-refractivity contribution in [3.05, 3.63) is 102 Å². The SMILES string of the molecule is CC(C)N(Cc1ccccc1)C(=O)Cn1c(CNC(=O)c2ccc(F)cc2)nc2ccccc21. The van der Waals surface area contributed by atoms with Crippen LogP contribution >= 0.6 is 0 Å². The first-order valence-corrected chi connectivity index (χ1v) is 11.2. The zero-order valence-corrected chi connectivity index (χ0v) is 19.2. The molecular formula is C27H27FN4O2. The average molecular weight is 459 g/mol. The van der Waals surface area contributed by atoms with Gasteiger partial charge in [-0.3, -0.25) is 9.59 Å². The lowest BCUT2D eigenvalue weighted by atomic mass is 10.2. The molecule has 0 unspecified atom stereocenters. The predicted molar refractivity (Wildman–Crippen MR) is 129 cm³/mol. The van der Waals surface area contributed by atoms with E-state index in [-0.39, 0.29) is 30.9 Å². The molecule has 2 amide bonds. The number of hydrogen-bond acceptors (Lipinski definition) is 3. The first kappa shape index (κ1) is 23.2. The molecule has 0 bridgehead atoms. The van der Waals surface area contributed by atoms with Gasteiger partial charge in [-0.1, -0.05) is 42.5 Å². The van der Waals surface area contributed by atoms with Crippen molar-refractivity contribution in [2.24, 2.45) is 0 Å². The molecule has 0 aliphatic carbocycles. The Morgan fingerprint density at radius 3 is 2.35 bits per heavy atom. The lowest BCUT2D eigenvalue weighted by Gasteiger charge is -2.27. The van der Waals surface area contributed by atoms with Gasteiger partial charge in [-0.25, -0.2) is 9.37 Å². The highest BCUT2D eigenvalue weighted by Crippen LogP contribution is 2.18. The second-order valence-corrected chi connectivity index (χ2v) is 8.39. The van der Waals surface area contributed by atoms with Gasteiger partial charge in [0.05, 0.1) is 17.6 Å². The molecule has 34 heavy (non-hydrogen) atoms. The fourth-order valence-electron chi connectivity index (χ4n) is 3.86. The maximum absolute atomic E-state index is 13.4. The maximum atomic E-state index is 13.4. The van der Waals surface area contributed by atoms with Crippen LogP contribution in [0.25, 0.3) is 11.0 Å². The first-order valence-electron chi connectivity index (χ1n) is 11.2. The van der Waals surface area contributed by atoms with E-state index in [2.05, 4.69) is 10.3 Å². The van der Waals surface area contributed by atoms with Crippen LogP contribution in [0, 0.1) is 5.82 Å². The highest BCUT2D eigenvalue weighted by atomic mass is 19.1. The molecule has 0 atom stereocenters. The Balaban J connectivity index is 1.56. The lowest BCUT2D eigenvalue weighted by Crippen LogP contribution is -2.39. The standard InChI is InChI=1S/C27H27FN4O2/c1-19(2)31(17-20-8-4-3-5-9-20)26(33)18-32-24-11-7-6-10-23(24)30-25(32)16-29-27(34)21-12-14-22(28)15-13-21/h3-15,19H,16-18H2,1-2H3,(H,29,34). The summed E-state index contributed by atoms with van der Waals surface area (Å²) >= 11 is 0. The minimum atomic E-state index is -0.401. The molecule has 4 aromatic rings. The molecule has 1 aromatic heterocycles. The van der Waals surface area contributed by atoms with Gasteiger partial charge in [-0.2, -0.15) is 0 Å². The highest BCUT2D eigenvalue weighted by molar-refractivity contribution is 5.94. The van der Waals surface area contributed by atoms with E-state index >= 15 is 0 Å². The van der Waals surface area contributed by atoms with Gasteiger partial charge in [-0.15, -0.1) is 0 Å². The van der Waals surface area contributed by atoms with Crippen LogP contribution in [-0.2, 0) is 24.4 Å². The predicted octanol–water partition coefficient (Wildman–Crippen LogP) is 4.54. The van der Waals surface area contributed by atoms with E-state index < -0.39 is 5.82 Å². The van der Waals surface area contributed by atoms with Crippen LogP contribution in [0.5, 0.6) is 0 Å². The molecule has 1 N–H and O–H groups in total. The molecule has 174 valence electrons. The van der Waals surface area contributed by atoms with E-state index in [1.54, 1.807) is 0 Å². The number of rotatable bonds is 8. The van der Waals surface area contributed by atoms with Gasteiger partial charge in [0.25, 0.3) is 5.91 Å². The van der Waals surface area contributed by atoms with E-state index in [0.717, 1.165) is 16.6 Å². The van der Waals surface area contributed by atoms with Crippen LogP contribution in [0.2, 0.25) is 0 Å². The molecule has 4 rings (SSSR count). The molecule has 0 radical (unpaired) electrons. The van der Waals surface area contributed by atoms with Gasteiger partial charge in [0, 0.05) is 18.2 Å². The number of benzene rings is 3. The third-order valence-electron chi connectivity index (χ3n) is 5.68. The van der Waals surface area contributed by atoms with Crippen molar-refractivity contribution in [2.75, 3.05) is 0 Å². The smallest absolute Gasteiger partial charge is 0.251 e. The van der Waals surface area contributed by atoms with E-state index in [1.165, 1.54) is 24.3 Å². The van der Waals surface area contributed by atoms with Crippen LogP contribution < -0.4 is 5.32 Å². The molecule has 0 aliphatic heterocycles. The molecular weight excluding hydrogens is 431 g/mol. The Hall–Kier alpha value is -4.00. The number of aromatic nitrogens is 2. The Morgan fingerprint density at radius 2 is 1.65 bits per heavy atom. The monoisotopic (exact) mass is 458 g/mol. The van der Waals surface area contributed by atoms with Crippen molar-refractivity contribution in [1.82, 2.24) is 19.8 Å². The second-order valence-electron chi connectivity index (χ2n) is 8.39. The van der Waals surface area contributed by atoms with Gasteiger partial charge >= 0.3 is 0 Å². The molecule has 0 saturated heterocycles. The molecule has 1 heterocycles. The molecule has 0 aliphatic rings. The summed E-state index contributed by atoms with van der Waals surface area (Å²) in [7, 11) is 0. The molecule has 7 heteroatoms. The zero-order valence-electron chi connectivity index (χ0n) is 19.2. The number of hydrogen-bond donors (Lipinski definition) is 1. The van der Waals surface area contributed by atoms with Crippen molar-refractivity contribution >= 4 is 22.8 Å². The van der Waals surface area contributed by atoms with Crippen LogP contribution in [0.1, 0.15) is 35.6 Å². The number of imidazole rings is 1. The highest BCUT2D eigenvalue weighted by Gasteiger charge is 2.21. The number of fused-ring (bicyclic) bond motifs is 1. The van der Waals surface area contributed by atoms with Gasteiger partial charge in [0.2, 0.25) is 5.91 Å². The van der Waals surface area contributed by atoms with Crippen LogP contribution in [0.4, 0.5) is 4.39 Å². The van der Waals surface area contributed by atoms with E-state index in [9.17, 15) is 14.0 Å². The van der Waals surface area contributed by atoms with Gasteiger partial charge < -0.3 is 14.8 Å². The fourth-order valence-corrected chi connectivity index (χ4v) is 3.86. The molecule has 0 spiro atoms. The number of carbonyl (C=O) groups excluding carboxylic acids is 2. The van der Waals surface area contributed by atoms with Crippen LogP contribution in [0.15, 0.2) is 78.9 Å². The number of carbonyl (C=O) groups is 2. The normalized spacial score (nSPS) is 11.1. The summed E-state index contributed by atoms with van der Waals surface area (Å²) in [6.45, 7) is 4.75. The van der Waals surface area contributed by atoms with Crippen molar-refractivity contribution in [3.63, 3.8) is 0 Å². The summed E-state index contributed by atoms with van der Waals surface area (Å²) in [5.74, 6) is -0.193. The van der Waals surface area contributed by atoms with E-state index in [0.29, 0.717) is 17.9 Å². The van der Waals surface area contributed by atoms with Crippen molar-refractivity contribution < 1.29 is 14.0 Å². The number of nitrogens with one attached hydrogen (secondary N) is 1. The van der Waals surface area contributed by atoms with Crippen LogP contribution in [-0.4, -0.2) is 32.3 Å². The molecule has 3 aromatic carbocycles. The zero-order chi connectivity index (χ0) is 24.1. The summed E-state index contributed by atoms with van der Waals surface area (Å²) in [5.41, 5.74) is 2.99. The summed E-state index contributed by atoms with van der Waals surface area (Å²) in [4.78, 5) is 32.4. The van der Waals surface area contributed by atoms with Gasteiger partial charge in [0.1, 0.15) is 18.2 Å². The summed E-state index contributed by atoms with van der Waals surface area (Å²) in [6, 6.07) is 22.8. The topological polar surface area (TPSA) is 67.2 Å². The van der Waals surface area contributed by atoms with E-state index in [1.807, 2.05) is 77.9 Å². The summed E-state index contributed by atoms with van der Waals surface area (Å²) < 4.78 is 15.0. The molecule has 0 saturated carbocycles. The summed E-state index contributed by atoms with van der Waals surface area (Å²) in [6.07, 6.45) is 0. The minimum Gasteiger partial charge on any atom is -0.345 e. The Morgan fingerprint density at radius 1 is 0.971 bits per heavy atom. The van der Waals surface area contributed by atoms with Crippen LogP contribution in [0.3, 0.4) is 0 Å².